The molecule has 1 aromatic heterocycles. The van der Waals surface area contributed by atoms with Gasteiger partial charge < -0.3 is 28.4 Å². The molecule has 5 rings (SSSR count). The summed E-state index contributed by atoms with van der Waals surface area (Å²) in [6.07, 6.45) is -2.11. The number of carbonyl (C=O) groups excluding carboxylic acids is 1. The van der Waals surface area contributed by atoms with Crippen molar-refractivity contribution in [2.24, 2.45) is 0 Å². The van der Waals surface area contributed by atoms with Crippen molar-refractivity contribution in [1.82, 2.24) is 5.16 Å². The Kier molecular flexibility index (Phi) is 5.41. The van der Waals surface area contributed by atoms with Gasteiger partial charge in [0.1, 0.15) is 17.8 Å². The highest BCUT2D eigenvalue weighted by molar-refractivity contribution is 6.38. The first-order chi connectivity index (χ1) is 15.0. The van der Waals surface area contributed by atoms with Gasteiger partial charge in [0.2, 0.25) is 0 Å². The molecule has 3 unspecified atom stereocenters. The van der Waals surface area contributed by atoms with Gasteiger partial charge in [0, 0.05) is 18.7 Å². The minimum atomic E-state index is -0.841. The second-order valence-corrected chi connectivity index (χ2v) is 8.40. The van der Waals surface area contributed by atoms with E-state index in [2.05, 4.69) is 10.1 Å². The molecule has 3 aliphatic rings. The van der Waals surface area contributed by atoms with E-state index in [0.29, 0.717) is 42.3 Å². The fraction of sp³-hybridized carbons (Fsp3) is 0.600. The number of benzene rings is 1. The first-order valence-electron chi connectivity index (χ1n) is 10.3. The Morgan fingerprint density at radius 3 is 2.55 bits per heavy atom. The molecular formula is C20H23ClFN3O6. The fourth-order valence-corrected chi connectivity index (χ4v) is 4.77. The predicted molar refractivity (Wildman–Crippen MR) is 109 cm³/mol. The van der Waals surface area contributed by atoms with Gasteiger partial charge in [-0.3, -0.25) is 4.90 Å². The molecule has 11 heteroatoms. The molecule has 9 nitrogen and oxygen atoms in total. The summed E-state index contributed by atoms with van der Waals surface area (Å²) in [6, 6.07) is 1.82. The lowest BCUT2D eigenvalue weighted by molar-refractivity contribution is -0.0443. The highest BCUT2D eigenvalue weighted by Crippen LogP contribution is 2.45. The summed E-state index contributed by atoms with van der Waals surface area (Å²) >= 11 is 6.84. The normalized spacial score (nSPS) is 27.5. The van der Waals surface area contributed by atoms with Gasteiger partial charge in [-0.2, -0.15) is 0 Å². The van der Waals surface area contributed by atoms with E-state index in [1.807, 2.05) is 19.9 Å². The van der Waals surface area contributed by atoms with Crippen molar-refractivity contribution in [1.29, 1.82) is 0 Å². The van der Waals surface area contributed by atoms with E-state index < -0.39 is 25.2 Å². The van der Waals surface area contributed by atoms with Crippen LogP contribution < -0.4 is 9.80 Å². The predicted octanol–water partition coefficient (Wildman–Crippen LogP) is 3.43. The van der Waals surface area contributed by atoms with Crippen LogP contribution in [0.25, 0.3) is 11.0 Å². The molecule has 3 atom stereocenters. The van der Waals surface area contributed by atoms with Gasteiger partial charge in [-0.05, 0) is 19.9 Å². The van der Waals surface area contributed by atoms with Crippen LogP contribution in [0, 0.1) is 0 Å². The maximum atomic E-state index is 13.0. The Labute approximate surface area is 182 Å². The molecule has 168 valence electrons. The van der Waals surface area contributed by atoms with Crippen molar-refractivity contribution in [3.8, 4) is 0 Å². The van der Waals surface area contributed by atoms with Crippen molar-refractivity contribution in [3.05, 3.63) is 16.7 Å². The number of carbonyl (C=O) groups is 1. The summed E-state index contributed by atoms with van der Waals surface area (Å²) in [7, 11) is 0. The maximum absolute atomic E-state index is 13.0. The zero-order valence-electron chi connectivity index (χ0n) is 17.2. The standard InChI is InChI=1S/C20H23ClFN3O6/c1-10-7-24(8-11(2)29-10)16-13(19-27-3-4-28-19)5-14-17(15(16)21)31-23-18(14)25-9-12(6-22)30-20(25)26/h5,10-12,19H,3-4,6-9H2,1-2H3. The Hall–Kier alpha value is -2.14. The van der Waals surface area contributed by atoms with Gasteiger partial charge in [0.15, 0.2) is 17.7 Å². The van der Waals surface area contributed by atoms with Crippen molar-refractivity contribution in [2.75, 3.05) is 49.3 Å². The minimum Gasteiger partial charge on any atom is -0.441 e. The molecule has 0 bridgehead atoms. The highest BCUT2D eigenvalue weighted by atomic mass is 35.5. The summed E-state index contributed by atoms with van der Waals surface area (Å²) in [5.74, 6) is 0.229. The van der Waals surface area contributed by atoms with Crippen LogP contribution in [0.3, 0.4) is 0 Å². The number of hydrogen-bond donors (Lipinski definition) is 0. The Morgan fingerprint density at radius 2 is 1.90 bits per heavy atom. The maximum Gasteiger partial charge on any atom is 0.416 e. The van der Waals surface area contributed by atoms with Crippen LogP contribution in [0.2, 0.25) is 5.02 Å². The first kappa shape index (κ1) is 20.7. The molecule has 3 saturated heterocycles. The van der Waals surface area contributed by atoms with E-state index in [0.717, 1.165) is 11.3 Å². The number of fused-ring (bicyclic) bond motifs is 1. The third-order valence-corrected chi connectivity index (χ3v) is 5.95. The number of cyclic esters (lactones) is 1. The third kappa shape index (κ3) is 3.61. The molecule has 1 amide bonds. The average Bonchev–Trinajstić information content (AvgIpc) is 3.46. The molecule has 2 aromatic rings. The SMILES string of the molecule is CC1CN(c2c(C3OCCO3)cc3c(N4CC(CF)OC4=O)noc3c2Cl)CC(C)O1. The van der Waals surface area contributed by atoms with E-state index in [-0.39, 0.29) is 24.6 Å². The monoisotopic (exact) mass is 455 g/mol. The van der Waals surface area contributed by atoms with Crippen molar-refractivity contribution in [3.63, 3.8) is 0 Å². The molecule has 0 spiro atoms. The average molecular weight is 456 g/mol. The lowest BCUT2D eigenvalue weighted by Gasteiger charge is -2.38. The number of rotatable bonds is 4. The number of alkyl halides is 1. The minimum absolute atomic E-state index is 0.0102. The van der Waals surface area contributed by atoms with Crippen molar-refractivity contribution >= 4 is 40.2 Å². The van der Waals surface area contributed by atoms with Crippen LogP contribution in [-0.2, 0) is 18.9 Å². The molecule has 0 radical (unpaired) electrons. The number of amides is 1. The molecule has 31 heavy (non-hydrogen) atoms. The smallest absolute Gasteiger partial charge is 0.416 e. The zero-order valence-corrected chi connectivity index (χ0v) is 17.9. The van der Waals surface area contributed by atoms with Gasteiger partial charge in [0.25, 0.3) is 0 Å². The van der Waals surface area contributed by atoms with Gasteiger partial charge in [-0.15, -0.1) is 0 Å². The summed E-state index contributed by atoms with van der Waals surface area (Å²) in [5, 5.41) is 4.92. The molecule has 0 aliphatic carbocycles. The van der Waals surface area contributed by atoms with Crippen LogP contribution in [0.1, 0.15) is 25.7 Å². The molecule has 3 aliphatic heterocycles. The number of aromatic nitrogens is 1. The van der Waals surface area contributed by atoms with E-state index >= 15 is 0 Å². The summed E-state index contributed by atoms with van der Waals surface area (Å²) in [6.45, 7) is 5.46. The van der Waals surface area contributed by atoms with Crippen LogP contribution in [0.4, 0.5) is 20.7 Å². The summed E-state index contributed by atoms with van der Waals surface area (Å²) in [4.78, 5) is 15.6. The summed E-state index contributed by atoms with van der Waals surface area (Å²) < 4.78 is 41.0. The van der Waals surface area contributed by atoms with E-state index in [9.17, 15) is 9.18 Å². The number of anilines is 2. The van der Waals surface area contributed by atoms with Gasteiger partial charge in [-0.25, -0.2) is 9.18 Å². The largest absolute Gasteiger partial charge is 0.441 e. The Bertz CT molecular complexity index is 987. The molecular weight excluding hydrogens is 433 g/mol. The number of ether oxygens (including phenoxy) is 4. The number of morpholine rings is 1. The summed E-state index contributed by atoms with van der Waals surface area (Å²) in [5.41, 5.74) is 1.78. The lowest BCUT2D eigenvalue weighted by atomic mass is 10.1. The molecule has 1 aromatic carbocycles. The van der Waals surface area contributed by atoms with Crippen LogP contribution >= 0.6 is 11.6 Å². The van der Waals surface area contributed by atoms with Crippen LogP contribution in [0.15, 0.2) is 10.6 Å². The second-order valence-electron chi connectivity index (χ2n) is 8.02. The fourth-order valence-electron chi connectivity index (χ4n) is 4.40. The zero-order chi connectivity index (χ0) is 21.7. The lowest BCUT2D eigenvalue weighted by Crippen LogP contribution is -2.46. The highest BCUT2D eigenvalue weighted by Gasteiger charge is 2.38. The van der Waals surface area contributed by atoms with Crippen LogP contribution in [-0.4, -0.2) is 69.1 Å². The number of nitrogens with zero attached hydrogens (tertiary/aromatic N) is 3. The number of hydrogen-bond acceptors (Lipinski definition) is 8. The first-order valence-corrected chi connectivity index (χ1v) is 10.6. The van der Waals surface area contributed by atoms with Gasteiger partial charge in [-0.1, -0.05) is 16.8 Å². The van der Waals surface area contributed by atoms with E-state index in [4.69, 9.17) is 35.1 Å². The quantitative estimate of drug-likeness (QED) is 0.693. The van der Waals surface area contributed by atoms with E-state index in [1.165, 1.54) is 4.90 Å². The van der Waals surface area contributed by atoms with Gasteiger partial charge >= 0.3 is 6.09 Å². The molecule has 0 N–H and O–H groups in total. The molecule has 3 fully saturated rings. The molecule has 4 heterocycles. The Morgan fingerprint density at radius 1 is 1.19 bits per heavy atom. The Balaban J connectivity index is 1.63. The van der Waals surface area contributed by atoms with Crippen LogP contribution in [0.5, 0.6) is 0 Å². The van der Waals surface area contributed by atoms with E-state index in [1.54, 1.807) is 0 Å². The third-order valence-electron chi connectivity index (χ3n) is 5.60. The van der Waals surface area contributed by atoms with Crippen molar-refractivity contribution < 1.29 is 32.7 Å². The molecule has 0 saturated carbocycles. The second kappa shape index (κ2) is 8.09. The van der Waals surface area contributed by atoms with Crippen molar-refractivity contribution in [2.45, 2.75) is 38.4 Å². The topological polar surface area (TPSA) is 86.5 Å². The van der Waals surface area contributed by atoms with Gasteiger partial charge in [0.05, 0.1) is 43.0 Å². The number of halogens is 2.